The maximum Gasteiger partial charge on any atom is 0.196 e. The lowest BCUT2D eigenvalue weighted by Gasteiger charge is -2.02. The summed E-state index contributed by atoms with van der Waals surface area (Å²) in [4.78, 5) is 0. The topological polar surface area (TPSA) is 12.0 Å². The molecular weight excluding hydrogens is 167 g/mol. The van der Waals surface area contributed by atoms with Crippen molar-refractivity contribution in [3.8, 4) is 0 Å². The summed E-state index contributed by atoms with van der Waals surface area (Å²) in [5.74, 6) is -3.62. The van der Waals surface area contributed by atoms with Crippen molar-refractivity contribution >= 4 is 5.69 Å². The minimum Gasteiger partial charge on any atom is -0.382 e. The molecule has 1 aromatic rings. The van der Waals surface area contributed by atoms with E-state index in [4.69, 9.17) is 0 Å². The first-order chi connectivity index (χ1) is 5.70. The molecule has 0 saturated carbocycles. The molecule has 0 bridgehead atoms. The Labute approximate surface area is 67.2 Å². The third kappa shape index (κ3) is 0.873. The molecule has 1 aromatic carbocycles. The molecule has 1 N–H and O–H groups in total. The molecule has 0 radical (unpaired) electrons. The Balaban J connectivity index is 2.67. The molecule has 0 saturated heterocycles. The highest BCUT2D eigenvalue weighted by Gasteiger charge is 2.21. The number of fused-ring (bicyclic) bond motifs is 1. The Bertz CT molecular complexity index is 336. The zero-order valence-electron chi connectivity index (χ0n) is 6.13. The van der Waals surface area contributed by atoms with Crippen LogP contribution >= 0.6 is 0 Å². The molecule has 0 atom stereocenters. The Hall–Kier alpha value is -1.19. The lowest BCUT2D eigenvalue weighted by atomic mass is 10.1. The first-order valence-corrected chi connectivity index (χ1v) is 3.60. The molecule has 2 rings (SSSR count). The van der Waals surface area contributed by atoms with Gasteiger partial charge in [-0.1, -0.05) is 0 Å². The van der Waals surface area contributed by atoms with Crippen LogP contribution < -0.4 is 5.32 Å². The van der Waals surface area contributed by atoms with E-state index in [1.165, 1.54) is 0 Å². The van der Waals surface area contributed by atoms with Crippen molar-refractivity contribution in [1.29, 1.82) is 0 Å². The number of nitrogens with one attached hydrogen (secondary N) is 1. The van der Waals surface area contributed by atoms with Gasteiger partial charge < -0.3 is 5.32 Å². The SMILES string of the molecule is Fc1cc2c(c(F)c1F)NCC2. The molecule has 12 heavy (non-hydrogen) atoms. The molecule has 4 heteroatoms. The molecule has 1 aliphatic rings. The van der Waals surface area contributed by atoms with Gasteiger partial charge in [-0.2, -0.15) is 0 Å². The van der Waals surface area contributed by atoms with Crippen molar-refractivity contribution in [3.63, 3.8) is 0 Å². The van der Waals surface area contributed by atoms with E-state index in [0.717, 1.165) is 6.07 Å². The van der Waals surface area contributed by atoms with Crippen LogP contribution in [0.5, 0.6) is 0 Å². The van der Waals surface area contributed by atoms with Crippen LogP contribution in [0.2, 0.25) is 0 Å². The fraction of sp³-hybridized carbons (Fsp3) is 0.250. The van der Waals surface area contributed by atoms with Crippen LogP contribution in [0.3, 0.4) is 0 Å². The summed E-state index contributed by atoms with van der Waals surface area (Å²) in [5, 5.41) is 2.65. The van der Waals surface area contributed by atoms with Gasteiger partial charge in [0.1, 0.15) is 0 Å². The minimum absolute atomic E-state index is 0.105. The van der Waals surface area contributed by atoms with Crippen LogP contribution in [0.15, 0.2) is 6.07 Å². The van der Waals surface area contributed by atoms with Crippen molar-refractivity contribution in [2.75, 3.05) is 11.9 Å². The second-order valence-corrected chi connectivity index (χ2v) is 2.70. The average molecular weight is 173 g/mol. The Morgan fingerprint density at radius 2 is 1.92 bits per heavy atom. The van der Waals surface area contributed by atoms with Gasteiger partial charge in [0, 0.05) is 6.54 Å². The highest BCUT2D eigenvalue weighted by molar-refractivity contribution is 5.56. The number of hydrogen-bond donors (Lipinski definition) is 1. The Kier molecular flexibility index (Phi) is 1.49. The third-order valence-corrected chi connectivity index (χ3v) is 1.94. The number of benzene rings is 1. The summed E-state index contributed by atoms with van der Waals surface area (Å²) in [6.45, 7) is 0.537. The summed E-state index contributed by atoms with van der Waals surface area (Å²) in [6.07, 6.45) is 0.545. The van der Waals surface area contributed by atoms with Crippen LogP contribution in [-0.2, 0) is 6.42 Å². The molecular formula is C8H6F3N. The predicted octanol–water partition coefficient (Wildman–Crippen LogP) is 2.07. The van der Waals surface area contributed by atoms with E-state index in [0.29, 0.717) is 18.5 Å². The molecule has 0 aliphatic carbocycles. The molecule has 1 aliphatic heterocycles. The monoisotopic (exact) mass is 173 g/mol. The van der Waals surface area contributed by atoms with Crippen molar-refractivity contribution in [2.24, 2.45) is 0 Å². The van der Waals surface area contributed by atoms with Gasteiger partial charge >= 0.3 is 0 Å². The van der Waals surface area contributed by atoms with E-state index in [1.54, 1.807) is 0 Å². The van der Waals surface area contributed by atoms with Crippen LogP contribution in [0.4, 0.5) is 18.9 Å². The van der Waals surface area contributed by atoms with Gasteiger partial charge in [0.2, 0.25) is 0 Å². The average Bonchev–Trinajstić information content (AvgIpc) is 2.48. The second-order valence-electron chi connectivity index (χ2n) is 2.70. The molecule has 0 spiro atoms. The van der Waals surface area contributed by atoms with Gasteiger partial charge in [0.25, 0.3) is 0 Å². The molecule has 1 nitrogen and oxygen atoms in total. The fourth-order valence-corrected chi connectivity index (χ4v) is 1.35. The highest BCUT2D eigenvalue weighted by Crippen LogP contribution is 2.28. The third-order valence-electron chi connectivity index (χ3n) is 1.94. The van der Waals surface area contributed by atoms with Crippen LogP contribution in [0.25, 0.3) is 0 Å². The molecule has 1 heterocycles. The van der Waals surface area contributed by atoms with E-state index < -0.39 is 17.5 Å². The summed E-state index contributed by atoms with van der Waals surface area (Å²) in [5.41, 5.74) is 0.611. The largest absolute Gasteiger partial charge is 0.382 e. The lowest BCUT2D eigenvalue weighted by Crippen LogP contribution is -1.97. The lowest BCUT2D eigenvalue weighted by molar-refractivity contribution is 0.449. The maximum absolute atomic E-state index is 12.9. The van der Waals surface area contributed by atoms with Gasteiger partial charge in [-0.15, -0.1) is 0 Å². The molecule has 0 fully saturated rings. The van der Waals surface area contributed by atoms with E-state index in [2.05, 4.69) is 5.32 Å². The van der Waals surface area contributed by atoms with Gasteiger partial charge in [-0.05, 0) is 18.1 Å². The second kappa shape index (κ2) is 2.40. The van der Waals surface area contributed by atoms with Gasteiger partial charge in [0.05, 0.1) is 5.69 Å². The van der Waals surface area contributed by atoms with E-state index in [9.17, 15) is 13.2 Å². The molecule has 64 valence electrons. The Morgan fingerprint density at radius 1 is 1.17 bits per heavy atom. The zero-order valence-corrected chi connectivity index (χ0v) is 6.13. The molecule has 0 unspecified atom stereocenters. The van der Waals surface area contributed by atoms with Crippen LogP contribution in [-0.4, -0.2) is 6.54 Å². The Morgan fingerprint density at radius 3 is 2.67 bits per heavy atom. The van der Waals surface area contributed by atoms with Crippen molar-refractivity contribution in [1.82, 2.24) is 0 Å². The van der Waals surface area contributed by atoms with Crippen LogP contribution in [0, 0.1) is 17.5 Å². The first-order valence-electron chi connectivity index (χ1n) is 3.60. The summed E-state index contributed by atoms with van der Waals surface area (Å²) in [6, 6.07) is 1.04. The normalized spacial score (nSPS) is 14.2. The molecule has 0 amide bonds. The standard InChI is InChI=1S/C8H6F3N/c9-5-3-4-1-2-12-8(4)7(11)6(5)10/h3,12H,1-2H2. The number of hydrogen-bond acceptors (Lipinski definition) is 1. The molecule has 0 aromatic heterocycles. The number of halogens is 3. The number of rotatable bonds is 0. The summed E-state index contributed by atoms with van der Waals surface area (Å²) in [7, 11) is 0. The zero-order chi connectivity index (χ0) is 8.72. The van der Waals surface area contributed by atoms with Crippen molar-refractivity contribution < 1.29 is 13.2 Å². The van der Waals surface area contributed by atoms with Crippen molar-refractivity contribution in [3.05, 3.63) is 29.1 Å². The van der Waals surface area contributed by atoms with Gasteiger partial charge in [0.15, 0.2) is 17.5 Å². The fourth-order valence-electron chi connectivity index (χ4n) is 1.35. The minimum atomic E-state index is -1.40. The van der Waals surface area contributed by atoms with E-state index in [-0.39, 0.29) is 5.69 Å². The van der Waals surface area contributed by atoms with Crippen molar-refractivity contribution in [2.45, 2.75) is 6.42 Å². The quantitative estimate of drug-likeness (QED) is 0.592. The van der Waals surface area contributed by atoms with E-state index >= 15 is 0 Å². The predicted molar refractivity (Wildman–Crippen MR) is 38.5 cm³/mol. The summed E-state index contributed by atoms with van der Waals surface area (Å²) >= 11 is 0. The number of anilines is 1. The highest BCUT2D eigenvalue weighted by atomic mass is 19.2. The maximum atomic E-state index is 12.9. The van der Waals surface area contributed by atoms with Gasteiger partial charge in [-0.3, -0.25) is 0 Å². The van der Waals surface area contributed by atoms with E-state index in [1.807, 2.05) is 0 Å². The first kappa shape index (κ1) is 7.46. The summed E-state index contributed by atoms with van der Waals surface area (Å²) < 4.78 is 38.1. The van der Waals surface area contributed by atoms with Crippen LogP contribution in [0.1, 0.15) is 5.56 Å². The smallest absolute Gasteiger partial charge is 0.196 e. The van der Waals surface area contributed by atoms with Gasteiger partial charge in [-0.25, -0.2) is 13.2 Å².